The Labute approximate surface area is 142 Å². The molecule has 0 bridgehead atoms. The van der Waals surface area contributed by atoms with Crippen LogP contribution in [0.25, 0.3) is 5.57 Å². The van der Waals surface area contributed by atoms with Crippen LogP contribution in [-0.4, -0.2) is 5.66 Å². The molecule has 1 aliphatic rings. The summed E-state index contributed by atoms with van der Waals surface area (Å²) in [5.41, 5.74) is 18.6. The molecule has 2 rings (SSSR count). The van der Waals surface area contributed by atoms with Crippen molar-refractivity contribution in [2.24, 2.45) is 17.4 Å². The molecular formula is C21H34N2. The molecule has 0 spiro atoms. The first-order valence-corrected chi connectivity index (χ1v) is 8.59. The van der Waals surface area contributed by atoms with Gasteiger partial charge < -0.3 is 11.5 Å². The molecule has 1 atom stereocenters. The highest BCUT2D eigenvalue weighted by molar-refractivity contribution is 5.77. The minimum atomic E-state index is -0.705. The molecule has 0 radical (unpaired) electrons. The molecule has 1 aromatic carbocycles. The Hall–Kier alpha value is -1.38. The lowest BCUT2D eigenvalue weighted by atomic mass is 9.76. The largest absolute Gasteiger partial charge is 0.309 e. The van der Waals surface area contributed by atoms with Crippen molar-refractivity contribution in [3.8, 4) is 0 Å². The van der Waals surface area contributed by atoms with E-state index in [2.05, 4.69) is 58.0 Å². The standard InChI is InChI=1S/C20H30N2.CH4/c1-5-14-9-15(6-2)11-16(10-14)17-12-18(7-3)20(21,22)19(8-4)13-17;/h9-13,18H,5-8,21-22H2,1-4H3;1H4. The second kappa shape index (κ2) is 7.94. The summed E-state index contributed by atoms with van der Waals surface area (Å²) in [5.74, 6) is 0.192. The molecule has 1 aromatic rings. The van der Waals surface area contributed by atoms with E-state index in [4.69, 9.17) is 11.5 Å². The van der Waals surface area contributed by atoms with Gasteiger partial charge in [0, 0.05) is 5.92 Å². The fraction of sp³-hybridized carbons (Fsp3) is 0.524. The van der Waals surface area contributed by atoms with Gasteiger partial charge in [0.15, 0.2) is 0 Å². The Morgan fingerprint density at radius 2 is 1.48 bits per heavy atom. The summed E-state index contributed by atoms with van der Waals surface area (Å²) in [6.45, 7) is 8.71. The number of nitrogens with two attached hydrogens (primary N) is 2. The molecule has 128 valence electrons. The highest BCUT2D eigenvalue weighted by Crippen LogP contribution is 2.35. The van der Waals surface area contributed by atoms with Gasteiger partial charge in [-0.15, -0.1) is 0 Å². The van der Waals surface area contributed by atoms with E-state index in [9.17, 15) is 0 Å². The van der Waals surface area contributed by atoms with E-state index in [1.165, 1.54) is 22.3 Å². The van der Waals surface area contributed by atoms with Crippen molar-refractivity contribution < 1.29 is 0 Å². The van der Waals surface area contributed by atoms with Gasteiger partial charge in [-0.3, -0.25) is 0 Å². The van der Waals surface area contributed by atoms with E-state index in [-0.39, 0.29) is 13.3 Å². The summed E-state index contributed by atoms with van der Waals surface area (Å²) in [7, 11) is 0. The number of benzene rings is 1. The van der Waals surface area contributed by atoms with Crippen molar-refractivity contribution in [2.75, 3.05) is 0 Å². The van der Waals surface area contributed by atoms with Gasteiger partial charge in [-0.1, -0.05) is 65.5 Å². The van der Waals surface area contributed by atoms with Gasteiger partial charge in [0.25, 0.3) is 0 Å². The van der Waals surface area contributed by atoms with Crippen LogP contribution in [0.1, 0.15) is 64.7 Å². The van der Waals surface area contributed by atoms with Gasteiger partial charge >= 0.3 is 0 Å². The predicted octanol–water partition coefficient (Wildman–Crippen LogP) is 4.82. The molecule has 2 heteroatoms. The average molecular weight is 315 g/mol. The average Bonchev–Trinajstić information content (AvgIpc) is 2.53. The zero-order valence-electron chi connectivity index (χ0n) is 14.4. The van der Waals surface area contributed by atoms with Crippen molar-refractivity contribution in [3.05, 3.63) is 52.6 Å². The van der Waals surface area contributed by atoms with Crippen LogP contribution in [-0.2, 0) is 12.8 Å². The summed E-state index contributed by atoms with van der Waals surface area (Å²) in [6.07, 6.45) is 8.46. The number of aryl methyl sites for hydroxylation is 2. The highest BCUT2D eigenvalue weighted by atomic mass is 15.0. The maximum Gasteiger partial charge on any atom is 0.0926 e. The number of rotatable bonds is 5. The summed E-state index contributed by atoms with van der Waals surface area (Å²) in [6, 6.07) is 6.92. The molecule has 0 fully saturated rings. The minimum absolute atomic E-state index is 0. The van der Waals surface area contributed by atoms with Gasteiger partial charge in [-0.25, -0.2) is 0 Å². The second-order valence-electron chi connectivity index (χ2n) is 6.34. The second-order valence-corrected chi connectivity index (χ2v) is 6.34. The molecule has 4 N–H and O–H groups in total. The Morgan fingerprint density at radius 3 is 1.91 bits per heavy atom. The summed E-state index contributed by atoms with van der Waals surface area (Å²) < 4.78 is 0. The molecule has 2 nitrogen and oxygen atoms in total. The molecule has 0 heterocycles. The van der Waals surface area contributed by atoms with E-state index in [1.54, 1.807) is 0 Å². The molecule has 0 saturated carbocycles. The third-order valence-corrected chi connectivity index (χ3v) is 4.90. The van der Waals surface area contributed by atoms with Gasteiger partial charge in [-0.2, -0.15) is 0 Å². The maximum atomic E-state index is 6.40. The van der Waals surface area contributed by atoms with Crippen LogP contribution in [0.3, 0.4) is 0 Å². The zero-order chi connectivity index (χ0) is 16.3. The Morgan fingerprint density at radius 1 is 0.913 bits per heavy atom. The number of allylic oxidation sites excluding steroid dienone is 2. The summed E-state index contributed by atoms with van der Waals surface area (Å²) >= 11 is 0. The fourth-order valence-electron chi connectivity index (χ4n) is 3.33. The van der Waals surface area contributed by atoms with Gasteiger partial charge in [0.2, 0.25) is 0 Å². The molecule has 0 amide bonds. The number of hydrogen-bond acceptors (Lipinski definition) is 2. The molecule has 0 aromatic heterocycles. The van der Waals surface area contributed by atoms with E-state index >= 15 is 0 Å². The lowest BCUT2D eigenvalue weighted by Gasteiger charge is -2.37. The van der Waals surface area contributed by atoms with Crippen molar-refractivity contribution in [3.63, 3.8) is 0 Å². The Balaban J connectivity index is 0.00000264. The van der Waals surface area contributed by atoms with Crippen LogP contribution in [0, 0.1) is 5.92 Å². The monoisotopic (exact) mass is 314 g/mol. The van der Waals surface area contributed by atoms with E-state index in [1.807, 2.05) is 0 Å². The smallest absolute Gasteiger partial charge is 0.0926 e. The maximum absolute atomic E-state index is 6.40. The third-order valence-electron chi connectivity index (χ3n) is 4.90. The minimum Gasteiger partial charge on any atom is -0.309 e. The number of hydrogen-bond donors (Lipinski definition) is 2. The molecule has 1 aliphatic carbocycles. The van der Waals surface area contributed by atoms with E-state index in [0.717, 1.165) is 31.3 Å². The van der Waals surface area contributed by atoms with Crippen LogP contribution >= 0.6 is 0 Å². The van der Waals surface area contributed by atoms with Crippen molar-refractivity contribution in [1.82, 2.24) is 0 Å². The van der Waals surface area contributed by atoms with Crippen molar-refractivity contribution in [1.29, 1.82) is 0 Å². The normalized spacial score (nSPS) is 19.7. The first-order valence-electron chi connectivity index (χ1n) is 8.59. The molecule has 0 saturated heterocycles. The Bertz CT molecular complexity index is 572. The topological polar surface area (TPSA) is 52.0 Å². The van der Waals surface area contributed by atoms with Crippen LogP contribution in [0.4, 0.5) is 0 Å². The summed E-state index contributed by atoms with van der Waals surface area (Å²) in [4.78, 5) is 0. The van der Waals surface area contributed by atoms with Gasteiger partial charge in [0.1, 0.15) is 0 Å². The lowest BCUT2D eigenvalue weighted by Crippen LogP contribution is -2.57. The SMILES string of the molecule is C.CCC1=CC(c2cc(CC)cc(CC)c2)=CC(CC)C1(N)N. The van der Waals surface area contributed by atoms with Crippen LogP contribution in [0.5, 0.6) is 0 Å². The summed E-state index contributed by atoms with van der Waals surface area (Å²) in [5, 5.41) is 0. The molecule has 23 heavy (non-hydrogen) atoms. The van der Waals surface area contributed by atoms with Gasteiger partial charge in [0.05, 0.1) is 5.66 Å². The first kappa shape index (κ1) is 19.7. The van der Waals surface area contributed by atoms with E-state index in [0.29, 0.717) is 0 Å². The van der Waals surface area contributed by atoms with Crippen LogP contribution in [0.15, 0.2) is 35.9 Å². The molecule has 0 aliphatic heterocycles. The zero-order valence-corrected chi connectivity index (χ0v) is 14.4. The van der Waals surface area contributed by atoms with Gasteiger partial charge in [-0.05, 0) is 53.5 Å². The molecule has 1 unspecified atom stereocenters. The van der Waals surface area contributed by atoms with Crippen molar-refractivity contribution >= 4 is 5.57 Å². The third kappa shape index (κ3) is 3.94. The van der Waals surface area contributed by atoms with E-state index < -0.39 is 5.66 Å². The van der Waals surface area contributed by atoms with Crippen LogP contribution in [0.2, 0.25) is 0 Å². The quantitative estimate of drug-likeness (QED) is 0.765. The molecular weight excluding hydrogens is 280 g/mol. The lowest BCUT2D eigenvalue weighted by molar-refractivity contribution is 0.366. The fourth-order valence-corrected chi connectivity index (χ4v) is 3.33. The first-order chi connectivity index (χ1) is 10.5. The highest BCUT2D eigenvalue weighted by Gasteiger charge is 2.34. The van der Waals surface area contributed by atoms with Crippen molar-refractivity contribution in [2.45, 2.75) is 66.5 Å². The Kier molecular flexibility index (Phi) is 6.79. The predicted molar refractivity (Wildman–Crippen MR) is 103 cm³/mol. The van der Waals surface area contributed by atoms with Crippen LogP contribution < -0.4 is 11.5 Å².